The number of ether oxygens (including phenoxy) is 2. The third kappa shape index (κ3) is 3.58. The summed E-state index contributed by atoms with van der Waals surface area (Å²) in [5.41, 5.74) is 3.96. The van der Waals surface area contributed by atoms with E-state index in [-0.39, 0.29) is 18.5 Å². The van der Waals surface area contributed by atoms with Crippen LogP contribution in [0.3, 0.4) is 0 Å². The van der Waals surface area contributed by atoms with Crippen LogP contribution in [0.5, 0.6) is 0 Å². The van der Waals surface area contributed by atoms with Gasteiger partial charge >= 0.3 is 5.97 Å². The average Bonchev–Trinajstić information content (AvgIpc) is 3.18. The molecule has 160 valence electrons. The molecular weight excluding hydrogens is 436 g/mol. The van der Waals surface area contributed by atoms with E-state index in [1.807, 2.05) is 35.8 Å². The summed E-state index contributed by atoms with van der Waals surface area (Å²) in [6.07, 6.45) is -0.0947. The second-order valence-corrected chi connectivity index (χ2v) is 9.40. The molecule has 0 bridgehead atoms. The Hall–Kier alpha value is -2.55. The highest BCUT2D eigenvalue weighted by atomic mass is 35.5. The first kappa shape index (κ1) is 20.4. The number of fused-ring (bicyclic) bond motifs is 3. The van der Waals surface area contributed by atoms with Gasteiger partial charge in [0.15, 0.2) is 5.82 Å². The van der Waals surface area contributed by atoms with Gasteiger partial charge in [-0.25, -0.2) is 0 Å². The van der Waals surface area contributed by atoms with E-state index in [1.54, 1.807) is 11.3 Å². The van der Waals surface area contributed by atoms with E-state index < -0.39 is 6.04 Å². The summed E-state index contributed by atoms with van der Waals surface area (Å²) >= 11 is 7.81. The zero-order valence-corrected chi connectivity index (χ0v) is 19.0. The van der Waals surface area contributed by atoms with Crippen LogP contribution in [0.15, 0.2) is 29.3 Å². The summed E-state index contributed by atoms with van der Waals surface area (Å²) in [6, 6.07) is 7.10. The molecule has 1 aromatic carbocycles. The third-order valence-electron chi connectivity index (χ3n) is 5.62. The smallest absolute Gasteiger partial charge is 0.308 e. The molecule has 5 rings (SSSR count). The minimum atomic E-state index is -0.514. The number of halogens is 1. The first-order valence-corrected chi connectivity index (χ1v) is 11.3. The number of benzene rings is 1. The number of nitrogens with zero attached hydrogens (tertiary/aromatic N) is 4. The average molecular weight is 457 g/mol. The lowest BCUT2D eigenvalue weighted by atomic mass is 9.99. The number of hydrogen-bond acceptors (Lipinski definition) is 7. The predicted molar refractivity (Wildman–Crippen MR) is 119 cm³/mol. The number of aryl methyl sites for hydroxylation is 2. The Labute approximate surface area is 188 Å². The molecule has 0 saturated carbocycles. The van der Waals surface area contributed by atoms with Crippen LogP contribution in [0.2, 0.25) is 5.02 Å². The molecule has 3 aromatic rings. The van der Waals surface area contributed by atoms with Gasteiger partial charge in [-0.05, 0) is 38.5 Å². The van der Waals surface area contributed by atoms with Crippen molar-refractivity contribution < 1.29 is 14.3 Å². The van der Waals surface area contributed by atoms with Gasteiger partial charge in [-0.3, -0.25) is 14.4 Å². The Morgan fingerprint density at radius 1 is 1.23 bits per heavy atom. The number of rotatable bonds is 4. The van der Waals surface area contributed by atoms with E-state index in [1.165, 1.54) is 4.88 Å². The van der Waals surface area contributed by atoms with E-state index in [0.29, 0.717) is 24.1 Å². The highest BCUT2D eigenvalue weighted by Gasteiger charge is 2.33. The van der Waals surface area contributed by atoms with Gasteiger partial charge in [-0.2, -0.15) is 0 Å². The molecule has 0 amide bonds. The molecular formula is C22H21ClN4O3S. The molecule has 2 aromatic heterocycles. The normalized spacial score (nSPS) is 17.9. The molecule has 2 aliphatic rings. The van der Waals surface area contributed by atoms with Gasteiger partial charge in [0.1, 0.15) is 23.0 Å². The Bertz CT molecular complexity index is 1190. The second-order valence-electron chi connectivity index (χ2n) is 7.76. The predicted octanol–water partition coefficient (Wildman–Crippen LogP) is 4.13. The number of thiophene rings is 1. The minimum absolute atomic E-state index is 0.0820. The van der Waals surface area contributed by atoms with E-state index in [4.69, 9.17) is 26.1 Å². The first-order valence-electron chi connectivity index (χ1n) is 10.1. The summed E-state index contributed by atoms with van der Waals surface area (Å²) in [7, 11) is 0. The molecule has 4 heterocycles. The SMILES string of the molecule is Cc1sc2c(c1C)C(c1ccc(Cl)cc1)=N[C@@H](CC(=O)OC1COC1)c1nnc(C)n1-2. The molecule has 1 saturated heterocycles. The Kier molecular flexibility index (Phi) is 5.16. The lowest BCUT2D eigenvalue weighted by Gasteiger charge is -2.26. The van der Waals surface area contributed by atoms with Crippen LogP contribution >= 0.6 is 22.9 Å². The van der Waals surface area contributed by atoms with Gasteiger partial charge in [-0.1, -0.05) is 23.7 Å². The standard InChI is InChI=1S/C22H21ClN4O3S/c1-11-12(2)31-22-19(11)20(14-4-6-15(23)7-5-14)24-17(21-26-25-13(3)27(21)22)8-18(28)30-16-9-29-10-16/h4-7,16-17H,8-10H2,1-3H3/t17-/m0/s1. The van der Waals surface area contributed by atoms with Crippen LogP contribution in [0.4, 0.5) is 0 Å². The van der Waals surface area contributed by atoms with E-state index in [9.17, 15) is 4.79 Å². The van der Waals surface area contributed by atoms with E-state index in [2.05, 4.69) is 24.0 Å². The third-order valence-corrected chi connectivity index (χ3v) is 7.07. The first-order chi connectivity index (χ1) is 14.9. The van der Waals surface area contributed by atoms with Crippen molar-refractivity contribution in [2.24, 2.45) is 4.99 Å². The lowest BCUT2D eigenvalue weighted by Crippen LogP contribution is -2.38. The van der Waals surface area contributed by atoms with Gasteiger partial charge in [0.05, 0.1) is 25.3 Å². The van der Waals surface area contributed by atoms with Gasteiger partial charge in [0, 0.05) is 21.0 Å². The summed E-state index contributed by atoms with van der Waals surface area (Å²) in [6.45, 7) is 7.00. The van der Waals surface area contributed by atoms with Crippen LogP contribution in [0.1, 0.15) is 45.7 Å². The molecule has 0 radical (unpaired) electrons. The van der Waals surface area contributed by atoms with Crippen molar-refractivity contribution in [3.05, 3.63) is 62.5 Å². The van der Waals surface area contributed by atoms with Crippen LogP contribution in [0, 0.1) is 20.8 Å². The molecule has 9 heteroatoms. The van der Waals surface area contributed by atoms with Crippen molar-refractivity contribution in [1.82, 2.24) is 14.8 Å². The molecule has 0 unspecified atom stereocenters. The Balaban J connectivity index is 1.65. The minimum Gasteiger partial charge on any atom is -0.457 e. The molecule has 7 nitrogen and oxygen atoms in total. The molecule has 31 heavy (non-hydrogen) atoms. The monoisotopic (exact) mass is 456 g/mol. The molecule has 0 spiro atoms. The van der Waals surface area contributed by atoms with Crippen molar-refractivity contribution in [3.63, 3.8) is 0 Å². The summed E-state index contributed by atoms with van der Waals surface area (Å²) in [5, 5.41) is 10.4. The van der Waals surface area contributed by atoms with E-state index in [0.717, 1.165) is 33.2 Å². The lowest BCUT2D eigenvalue weighted by molar-refractivity contribution is -0.172. The second kappa shape index (κ2) is 7.85. The molecule has 1 atom stereocenters. The van der Waals surface area contributed by atoms with Crippen molar-refractivity contribution in [3.8, 4) is 5.00 Å². The fourth-order valence-electron chi connectivity index (χ4n) is 3.81. The maximum atomic E-state index is 12.6. The number of aromatic nitrogens is 3. The fourth-order valence-corrected chi connectivity index (χ4v) is 5.15. The van der Waals surface area contributed by atoms with Crippen molar-refractivity contribution in [1.29, 1.82) is 0 Å². The van der Waals surface area contributed by atoms with Crippen LogP contribution in [-0.2, 0) is 14.3 Å². The van der Waals surface area contributed by atoms with Gasteiger partial charge in [-0.15, -0.1) is 21.5 Å². The highest BCUT2D eigenvalue weighted by Crippen LogP contribution is 2.39. The van der Waals surface area contributed by atoms with Gasteiger partial charge in [0.2, 0.25) is 0 Å². The van der Waals surface area contributed by atoms with Crippen molar-refractivity contribution >= 4 is 34.6 Å². The zero-order chi connectivity index (χ0) is 21.7. The van der Waals surface area contributed by atoms with Crippen LogP contribution in [0.25, 0.3) is 5.00 Å². The van der Waals surface area contributed by atoms with Crippen LogP contribution in [-0.4, -0.2) is 45.8 Å². The van der Waals surface area contributed by atoms with Crippen molar-refractivity contribution in [2.75, 3.05) is 13.2 Å². The van der Waals surface area contributed by atoms with Gasteiger partial charge < -0.3 is 9.47 Å². The van der Waals surface area contributed by atoms with Crippen LogP contribution < -0.4 is 0 Å². The molecule has 2 aliphatic heterocycles. The molecule has 0 aliphatic carbocycles. The van der Waals surface area contributed by atoms with Gasteiger partial charge in [0.25, 0.3) is 0 Å². The number of hydrogen-bond donors (Lipinski definition) is 0. The number of carbonyl (C=O) groups excluding carboxylic acids is 1. The summed E-state index contributed by atoms with van der Waals surface area (Å²) < 4.78 is 12.6. The Morgan fingerprint density at radius 3 is 2.65 bits per heavy atom. The number of esters is 1. The largest absolute Gasteiger partial charge is 0.457 e. The summed E-state index contributed by atoms with van der Waals surface area (Å²) in [4.78, 5) is 18.9. The summed E-state index contributed by atoms with van der Waals surface area (Å²) in [5.74, 6) is 1.09. The quantitative estimate of drug-likeness (QED) is 0.551. The van der Waals surface area contributed by atoms with E-state index >= 15 is 0 Å². The molecule has 0 N–H and O–H groups in total. The number of aliphatic imine (C=N–C) groups is 1. The highest BCUT2D eigenvalue weighted by molar-refractivity contribution is 7.15. The maximum Gasteiger partial charge on any atom is 0.308 e. The van der Waals surface area contributed by atoms with Crippen molar-refractivity contribution in [2.45, 2.75) is 39.3 Å². The topological polar surface area (TPSA) is 78.6 Å². The number of carbonyl (C=O) groups is 1. The molecule has 1 fully saturated rings. The fraction of sp³-hybridized carbons (Fsp3) is 0.364. The Morgan fingerprint density at radius 2 is 1.97 bits per heavy atom. The zero-order valence-electron chi connectivity index (χ0n) is 17.4. The maximum absolute atomic E-state index is 12.6.